The Kier molecular flexibility index (Phi) is 7.15. The second-order valence-corrected chi connectivity index (χ2v) is 8.60. The van der Waals surface area contributed by atoms with Crippen molar-refractivity contribution in [2.24, 2.45) is 0 Å². The first kappa shape index (κ1) is 21.6. The van der Waals surface area contributed by atoms with Crippen molar-refractivity contribution in [1.29, 1.82) is 0 Å². The summed E-state index contributed by atoms with van der Waals surface area (Å²) in [5.41, 5.74) is 1.56. The van der Waals surface area contributed by atoms with Gasteiger partial charge in [0.25, 0.3) is 0 Å². The molecule has 1 aromatic heterocycles. The van der Waals surface area contributed by atoms with E-state index in [1.165, 1.54) is 11.8 Å². The van der Waals surface area contributed by atoms with Crippen molar-refractivity contribution < 1.29 is 9.66 Å². The summed E-state index contributed by atoms with van der Waals surface area (Å²) in [6.07, 6.45) is 0. The van der Waals surface area contributed by atoms with Gasteiger partial charge in [-0.05, 0) is 56.3 Å². The molecule has 0 N–H and O–H groups in total. The van der Waals surface area contributed by atoms with E-state index >= 15 is 0 Å². The minimum Gasteiger partial charge on any atom is -0.494 e. The fourth-order valence-corrected chi connectivity index (χ4v) is 4.52. The lowest BCUT2D eigenvalue weighted by molar-refractivity contribution is -0.479. The maximum absolute atomic E-state index is 11.4. The molecule has 0 fully saturated rings. The molecule has 152 valence electrons. The smallest absolute Gasteiger partial charge is 0.220 e. The largest absolute Gasteiger partial charge is 0.494 e. The first-order valence-corrected chi connectivity index (χ1v) is 10.8. The normalized spacial score (nSPS) is 12.0. The van der Waals surface area contributed by atoms with Gasteiger partial charge in [-0.1, -0.05) is 39.3 Å². The summed E-state index contributed by atoms with van der Waals surface area (Å²) in [5, 5.41) is 20.5. The van der Waals surface area contributed by atoms with Crippen molar-refractivity contribution in [2.75, 3.05) is 13.2 Å². The van der Waals surface area contributed by atoms with E-state index in [9.17, 15) is 10.1 Å². The number of aryl methyl sites for hydroxylation is 1. The molecular formula is C19H18BrClN4O3S. The first-order chi connectivity index (χ1) is 13.9. The molecule has 0 saturated heterocycles. The van der Waals surface area contributed by atoms with E-state index in [0.717, 1.165) is 15.7 Å². The van der Waals surface area contributed by atoms with E-state index in [1.807, 2.05) is 48.7 Å². The van der Waals surface area contributed by atoms with Crippen LogP contribution in [0.5, 0.6) is 5.75 Å². The van der Waals surface area contributed by atoms with Crippen LogP contribution in [0.25, 0.3) is 5.69 Å². The molecule has 29 heavy (non-hydrogen) atoms. The first-order valence-electron chi connectivity index (χ1n) is 8.77. The van der Waals surface area contributed by atoms with Crippen molar-refractivity contribution in [2.45, 2.75) is 24.3 Å². The van der Waals surface area contributed by atoms with Crippen LogP contribution >= 0.6 is 39.3 Å². The van der Waals surface area contributed by atoms with Gasteiger partial charge < -0.3 is 4.74 Å². The van der Waals surface area contributed by atoms with Crippen LogP contribution in [-0.4, -0.2) is 32.8 Å². The fourth-order valence-electron chi connectivity index (χ4n) is 2.83. The maximum Gasteiger partial charge on any atom is 0.220 e. The summed E-state index contributed by atoms with van der Waals surface area (Å²) in [4.78, 5) is 11.1. The quantitative estimate of drug-likeness (QED) is 0.232. The third-order valence-corrected chi connectivity index (χ3v) is 5.97. The Labute approximate surface area is 185 Å². The zero-order valence-corrected chi connectivity index (χ0v) is 18.9. The summed E-state index contributed by atoms with van der Waals surface area (Å²) < 4.78 is 8.38. The number of halogens is 2. The molecule has 2 aromatic carbocycles. The lowest BCUT2D eigenvalue weighted by Gasteiger charge is -2.18. The molecule has 1 heterocycles. The van der Waals surface area contributed by atoms with Gasteiger partial charge in [0.1, 0.15) is 16.8 Å². The van der Waals surface area contributed by atoms with E-state index in [1.54, 1.807) is 12.1 Å². The van der Waals surface area contributed by atoms with Crippen molar-refractivity contribution in [3.05, 3.63) is 73.5 Å². The Morgan fingerprint density at radius 2 is 2.00 bits per heavy atom. The lowest BCUT2D eigenvalue weighted by Crippen LogP contribution is -2.12. The maximum atomic E-state index is 11.4. The SMILES string of the molecule is CCOc1ccc(Br)cc1[C@H](C[N+](=O)[O-])Sc1nnc(C)n1-c1ccc(Cl)cc1. The molecule has 7 nitrogen and oxygen atoms in total. The highest BCUT2D eigenvalue weighted by molar-refractivity contribution is 9.10. The standard InChI is InChI=1S/C19H18BrClN4O3S/c1-3-28-17-9-4-13(20)10-16(17)18(11-24(26)27)29-19-23-22-12(2)25(19)15-7-5-14(21)6-8-15/h4-10,18H,3,11H2,1-2H3/t18-/m0/s1. The van der Waals surface area contributed by atoms with Crippen LogP contribution in [0.3, 0.4) is 0 Å². The number of aromatic nitrogens is 3. The number of thioether (sulfide) groups is 1. The number of nitrogens with zero attached hydrogens (tertiary/aromatic N) is 4. The zero-order valence-electron chi connectivity index (χ0n) is 15.7. The van der Waals surface area contributed by atoms with Crippen LogP contribution in [0.15, 0.2) is 52.1 Å². The molecule has 0 saturated carbocycles. The molecule has 10 heteroatoms. The highest BCUT2D eigenvalue weighted by atomic mass is 79.9. The molecule has 3 rings (SSSR count). The number of nitro groups is 1. The Bertz CT molecular complexity index is 1010. The minimum absolute atomic E-state index is 0.284. The fraction of sp³-hybridized carbons (Fsp3) is 0.263. The second-order valence-electron chi connectivity index (χ2n) is 6.08. The molecule has 1 atom stereocenters. The van der Waals surface area contributed by atoms with Gasteiger partial charge in [0.15, 0.2) is 5.16 Å². The Morgan fingerprint density at radius 1 is 1.28 bits per heavy atom. The average molecular weight is 498 g/mol. The summed E-state index contributed by atoms with van der Waals surface area (Å²) in [5.74, 6) is 1.29. The van der Waals surface area contributed by atoms with Crippen LogP contribution in [0.1, 0.15) is 23.6 Å². The Balaban J connectivity index is 2.02. The van der Waals surface area contributed by atoms with Crippen LogP contribution in [0, 0.1) is 17.0 Å². The van der Waals surface area contributed by atoms with Crippen molar-refractivity contribution in [3.63, 3.8) is 0 Å². The molecule has 0 aliphatic carbocycles. The summed E-state index contributed by atoms with van der Waals surface area (Å²) in [6.45, 7) is 3.89. The second kappa shape index (κ2) is 9.60. The van der Waals surface area contributed by atoms with Gasteiger partial charge >= 0.3 is 0 Å². The number of benzene rings is 2. The minimum atomic E-state index is -0.515. The third kappa shape index (κ3) is 5.29. The van der Waals surface area contributed by atoms with Crippen molar-refractivity contribution in [3.8, 4) is 11.4 Å². The number of ether oxygens (including phenoxy) is 1. The van der Waals surface area contributed by atoms with Crippen LogP contribution in [0.2, 0.25) is 5.02 Å². The third-order valence-electron chi connectivity index (χ3n) is 4.06. The van der Waals surface area contributed by atoms with E-state index in [-0.39, 0.29) is 11.5 Å². The Hall–Kier alpha value is -2.10. The highest BCUT2D eigenvalue weighted by Crippen LogP contribution is 2.41. The summed E-state index contributed by atoms with van der Waals surface area (Å²) in [6, 6.07) is 12.8. The molecule has 0 amide bonds. The Morgan fingerprint density at radius 3 is 2.66 bits per heavy atom. The van der Waals surface area contributed by atoms with Gasteiger partial charge in [0.05, 0.1) is 6.61 Å². The van der Waals surface area contributed by atoms with Gasteiger partial charge in [0.2, 0.25) is 6.54 Å². The van der Waals surface area contributed by atoms with Crippen LogP contribution < -0.4 is 4.74 Å². The van der Waals surface area contributed by atoms with E-state index in [2.05, 4.69) is 26.1 Å². The van der Waals surface area contributed by atoms with E-state index < -0.39 is 5.25 Å². The molecule has 0 bridgehead atoms. The molecule has 0 aliphatic heterocycles. The van der Waals surface area contributed by atoms with Gasteiger partial charge in [0, 0.05) is 25.7 Å². The van der Waals surface area contributed by atoms with Crippen LogP contribution in [0.4, 0.5) is 0 Å². The molecule has 0 unspecified atom stereocenters. The summed E-state index contributed by atoms with van der Waals surface area (Å²) in [7, 11) is 0. The van der Waals surface area contributed by atoms with Crippen LogP contribution in [-0.2, 0) is 0 Å². The van der Waals surface area contributed by atoms with Crippen molar-refractivity contribution >= 4 is 39.3 Å². The monoisotopic (exact) mass is 496 g/mol. The van der Waals surface area contributed by atoms with E-state index in [4.69, 9.17) is 16.3 Å². The molecular weight excluding hydrogens is 480 g/mol. The predicted octanol–water partition coefficient (Wildman–Crippen LogP) is 5.50. The topological polar surface area (TPSA) is 83.1 Å². The molecule has 0 aliphatic rings. The molecule has 0 radical (unpaired) electrons. The van der Waals surface area contributed by atoms with Crippen molar-refractivity contribution in [1.82, 2.24) is 14.8 Å². The van der Waals surface area contributed by atoms with Gasteiger partial charge in [-0.25, -0.2) is 0 Å². The highest BCUT2D eigenvalue weighted by Gasteiger charge is 2.26. The molecule has 0 spiro atoms. The zero-order chi connectivity index (χ0) is 21.0. The van der Waals surface area contributed by atoms with Gasteiger partial charge in [-0.15, -0.1) is 10.2 Å². The number of hydrogen-bond acceptors (Lipinski definition) is 6. The molecule has 3 aromatic rings. The average Bonchev–Trinajstić information content (AvgIpc) is 3.03. The van der Waals surface area contributed by atoms with Gasteiger partial charge in [-0.3, -0.25) is 14.7 Å². The lowest BCUT2D eigenvalue weighted by atomic mass is 10.1. The number of rotatable bonds is 8. The van der Waals surface area contributed by atoms with Gasteiger partial charge in [-0.2, -0.15) is 0 Å². The number of hydrogen-bond donors (Lipinski definition) is 0. The predicted molar refractivity (Wildman–Crippen MR) is 117 cm³/mol. The summed E-state index contributed by atoms with van der Waals surface area (Å²) >= 11 is 10.7. The van der Waals surface area contributed by atoms with E-state index in [0.29, 0.717) is 28.4 Å².